The van der Waals surface area contributed by atoms with Crippen LogP contribution in [-0.4, -0.2) is 84.9 Å². The minimum Gasteiger partial charge on any atom is -0.482 e. The van der Waals surface area contributed by atoms with E-state index in [-0.39, 0.29) is 12.6 Å². The molecule has 44 heavy (non-hydrogen) atoms. The Kier molecular flexibility index (Phi) is 7.85. The number of fused-ring (bicyclic) bond motifs is 3. The predicted octanol–water partition coefficient (Wildman–Crippen LogP) is 3.88. The van der Waals surface area contributed by atoms with Gasteiger partial charge in [-0.05, 0) is 76.6 Å². The number of hydrogen-bond acceptors (Lipinski definition) is 10. The van der Waals surface area contributed by atoms with Crippen molar-refractivity contribution in [2.45, 2.75) is 46.8 Å². The highest BCUT2D eigenvalue weighted by Crippen LogP contribution is 2.30. The van der Waals surface area contributed by atoms with Gasteiger partial charge in [-0.3, -0.25) is 9.88 Å². The third-order valence-corrected chi connectivity index (χ3v) is 7.95. The number of rotatable bonds is 8. The maximum atomic E-state index is 11.9. The molecule has 1 saturated heterocycles. The smallest absolute Gasteiger partial charge is 0.344 e. The van der Waals surface area contributed by atoms with Gasteiger partial charge in [0.05, 0.1) is 5.39 Å². The van der Waals surface area contributed by atoms with Crippen molar-refractivity contribution in [3.05, 3.63) is 59.9 Å². The molecule has 1 fully saturated rings. The van der Waals surface area contributed by atoms with Crippen LogP contribution in [0.15, 0.2) is 48.7 Å². The van der Waals surface area contributed by atoms with Crippen LogP contribution in [0.3, 0.4) is 0 Å². The van der Waals surface area contributed by atoms with Crippen molar-refractivity contribution < 1.29 is 14.3 Å². The number of esters is 1. The summed E-state index contributed by atoms with van der Waals surface area (Å²) >= 11 is 0. The minimum absolute atomic E-state index is 0.108. The van der Waals surface area contributed by atoms with E-state index < -0.39 is 5.60 Å². The number of pyridine rings is 1. The highest BCUT2D eigenvalue weighted by molar-refractivity contribution is 5.95. The van der Waals surface area contributed by atoms with E-state index >= 15 is 0 Å². The maximum Gasteiger partial charge on any atom is 0.344 e. The largest absolute Gasteiger partial charge is 0.482 e. The first-order valence-corrected chi connectivity index (χ1v) is 14.9. The summed E-state index contributed by atoms with van der Waals surface area (Å²) in [4.78, 5) is 30.8. The summed E-state index contributed by atoms with van der Waals surface area (Å²) in [5.41, 5.74) is 11.5. The third-order valence-electron chi connectivity index (χ3n) is 7.95. The molecule has 12 nitrogen and oxygen atoms in total. The van der Waals surface area contributed by atoms with Gasteiger partial charge in [-0.15, -0.1) is 5.10 Å². The number of aryl methyl sites for hydroxylation is 1. The molecule has 0 aliphatic carbocycles. The van der Waals surface area contributed by atoms with Gasteiger partial charge in [-0.2, -0.15) is 9.50 Å². The van der Waals surface area contributed by atoms with Crippen molar-refractivity contribution in [3.8, 4) is 17.3 Å². The molecule has 0 unspecified atom stereocenters. The van der Waals surface area contributed by atoms with Crippen molar-refractivity contribution in [2.24, 2.45) is 0 Å². The molecule has 0 bridgehead atoms. The van der Waals surface area contributed by atoms with E-state index in [1.807, 2.05) is 63.2 Å². The summed E-state index contributed by atoms with van der Waals surface area (Å²) < 4.78 is 14.8. The molecule has 0 spiro atoms. The van der Waals surface area contributed by atoms with Crippen LogP contribution in [0.2, 0.25) is 0 Å². The van der Waals surface area contributed by atoms with E-state index in [1.54, 1.807) is 10.7 Å². The normalized spacial score (nSPS) is 14.4. The van der Waals surface area contributed by atoms with Crippen molar-refractivity contribution in [1.29, 1.82) is 0 Å². The van der Waals surface area contributed by atoms with Crippen LogP contribution >= 0.6 is 0 Å². The number of nitrogen functional groups attached to an aromatic ring is 1. The Morgan fingerprint density at radius 1 is 0.955 bits per heavy atom. The van der Waals surface area contributed by atoms with Crippen molar-refractivity contribution in [3.63, 3.8) is 0 Å². The van der Waals surface area contributed by atoms with E-state index in [0.717, 1.165) is 67.2 Å². The minimum atomic E-state index is -0.527. The number of nitrogens with zero attached hydrogens (tertiary/aromatic N) is 8. The topological polar surface area (TPSA) is 129 Å². The number of piperazine rings is 1. The van der Waals surface area contributed by atoms with E-state index in [1.165, 1.54) is 0 Å². The van der Waals surface area contributed by atoms with Crippen LogP contribution in [0, 0.1) is 13.8 Å². The first-order valence-electron chi connectivity index (χ1n) is 14.9. The van der Waals surface area contributed by atoms with Crippen LogP contribution in [0.5, 0.6) is 5.75 Å². The fourth-order valence-corrected chi connectivity index (χ4v) is 5.63. The number of anilines is 2. The molecule has 0 amide bonds. The zero-order chi connectivity index (χ0) is 31.0. The second-order valence-corrected chi connectivity index (χ2v) is 12.1. The monoisotopic (exact) mass is 597 g/mol. The highest BCUT2D eigenvalue weighted by Gasteiger charge is 2.23. The van der Waals surface area contributed by atoms with E-state index in [9.17, 15) is 4.79 Å². The van der Waals surface area contributed by atoms with Crippen LogP contribution in [-0.2, 0) is 16.1 Å². The van der Waals surface area contributed by atoms with Gasteiger partial charge in [0.1, 0.15) is 22.7 Å². The summed E-state index contributed by atoms with van der Waals surface area (Å²) in [7, 11) is 0. The molecule has 12 heteroatoms. The average Bonchev–Trinajstić information content (AvgIpc) is 3.55. The van der Waals surface area contributed by atoms with Crippen LogP contribution in [0.1, 0.15) is 32.0 Å². The van der Waals surface area contributed by atoms with Gasteiger partial charge in [-0.25, -0.2) is 9.78 Å². The number of ether oxygens (including phenoxy) is 2. The van der Waals surface area contributed by atoms with E-state index in [2.05, 4.69) is 38.3 Å². The van der Waals surface area contributed by atoms with E-state index in [0.29, 0.717) is 28.9 Å². The molecular weight excluding hydrogens is 558 g/mol. The SMILES string of the molecule is Cc1c(C)n(CCN2CCN(c3ccc(OCC(=O)OC(C)(C)C)cc3)CC2)c2nc(N)n3nc(-c4ccccn4)nc3c12. The lowest BCUT2D eigenvalue weighted by Gasteiger charge is -2.36. The molecule has 6 rings (SSSR count). The van der Waals surface area contributed by atoms with Gasteiger partial charge in [0, 0.05) is 56.8 Å². The van der Waals surface area contributed by atoms with Gasteiger partial charge in [0.25, 0.3) is 0 Å². The summed E-state index contributed by atoms with van der Waals surface area (Å²) in [5.74, 6) is 1.10. The molecule has 0 atom stereocenters. The summed E-state index contributed by atoms with van der Waals surface area (Å²) in [5, 5.41) is 5.57. The Labute approximate surface area is 256 Å². The molecule has 1 aliphatic rings. The summed E-state index contributed by atoms with van der Waals surface area (Å²) in [6, 6.07) is 13.6. The predicted molar refractivity (Wildman–Crippen MR) is 170 cm³/mol. The Balaban J connectivity index is 1.09. The highest BCUT2D eigenvalue weighted by atomic mass is 16.6. The Bertz CT molecular complexity index is 1780. The number of carbonyl (C=O) groups excluding carboxylic acids is 1. The van der Waals surface area contributed by atoms with Gasteiger partial charge in [0.2, 0.25) is 11.8 Å². The third kappa shape index (κ3) is 6.02. The van der Waals surface area contributed by atoms with Gasteiger partial charge < -0.3 is 24.7 Å². The average molecular weight is 598 g/mol. The zero-order valence-corrected chi connectivity index (χ0v) is 25.9. The Morgan fingerprint density at radius 3 is 2.39 bits per heavy atom. The first kappa shape index (κ1) is 29.4. The fraction of sp³-hybridized carbons (Fsp3) is 0.406. The molecule has 4 aromatic heterocycles. The molecule has 0 radical (unpaired) electrons. The molecule has 5 aromatic rings. The second-order valence-electron chi connectivity index (χ2n) is 12.1. The van der Waals surface area contributed by atoms with Crippen molar-refractivity contribution in [2.75, 3.05) is 50.0 Å². The molecule has 1 aliphatic heterocycles. The van der Waals surface area contributed by atoms with E-state index in [4.69, 9.17) is 25.2 Å². The molecule has 0 saturated carbocycles. The Hall–Kier alpha value is -4.71. The van der Waals surface area contributed by atoms with Crippen LogP contribution in [0.25, 0.3) is 28.2 Å². The van der Waals surface area contributed by atoms with Crippen molar-refractivity contribution >= 4 is 34.3 Å². The lowest BCUT2D eigenvalue weighted by molar-refractivity contribution is -0.157. The number of nitrogens with two attached hydrogens (primary N) is 1. The molecule has 1 aromatic carbocycles. The molecule has 5 heterocycles. The fourth-order valence-electron chi connectivity index (χ4n) is 5.63. The number of carbonyl (C=O) groups is 1. The van der Waals surface area contributed by atoms with Crippen molar-refractivity contribution in [1.82, 2.24) is 34.0 Å². The first-order chi connectivity index (χ1) is 21.1. The summed E-state index contributed by atoms with van der Waals surface area (Å²) in [6.45, 7) is 15.1. The van der Waals surface area contributed by atoms with Crippen LogP contribution < -0.4 is 15.4 Å². The number of hydrogen-bond donors (Lipinski definition) is 1. The number of aromatic nitrogens is 6. The molecule has 230 valence electrons. The standard InChI is InChI=1S/C32H39N9O3/c1-21-22(2)40(29-27(21)30-35-28(25-8-6-7-13-34-25)37-41(30)31(33)36-29)19-16-38-14-17-39(18-15-38)23-9-11-24(12-10-23)43-20-26(42)44-32(3,4)5/h6-13H,14-20H2,1-5H3,(H2,33,36). The maximum absolute atomic E-state index is 11.9. The quantitative estimate of drug-likeness (QED) is 0.263. The number of benzene rings is 1. The van der Waals surface area contributed by atoms with Crippen LogP contribution in [0.4, 0.5) is 11.6 Å². The van der Waals surface area contributed by atoms with Gasteiger partial charge in [0.15, 0.2) is 12.3 Å². The van der Waals surface area contributed by atoms with Gasteiger partial charge >= 0.3 is 5.97 Å². The zero-order valence-electron chi connectivity index (χ0n) is 25.9. The molecular formula is C32H39N9O3. The lowest BCUT2D eigenvalue weighted by atomic mass is 10.2. The van der Waals surface area contributed by atoms with Gasteiger partial charge in [-0.1, -0.05) is 6.07 Å². The Morgan fingerprint density at radius 2 is 1.70 bits per heavy atom. The summed E-state index contributed by atoms with van der Waals surface area (Å²) in [6.07, 6.45) is 1.73. The lowest BCUT2D eigenvalue weighted by Crippen LogP contribution is -2.47. The second kappa shape index (κ2) is 11.8. The molecule has 2 N–H and O–H groups in total.